The van der Waals surface area contributed by atoms with Gasteiger partial charge in [0.15, 0.2) is 5.78 Å². The Labute approximate surface area is 179 Å². The number of anilines is 1. The zero-order chi connectivity index (χ0) is 22.2. The van der Waals surface area contributed by atoms with Crippen LogP contribution in [0.2, 0.25) is 0 Å². The van der Waals surface area contributed by atoms with Gasteiger partial charge >= 0.3 is 5.97 Å². The molecule has 0 aromatic heterocycles. The normalized spacial score (nSPS) is 10.6. The third-order valence-electron chi connectivity index (χ3n) is 4.33. The summed E-state index contributed by atoms with van der Waals surface area (Å²) in [5, 5.41) is 12.0. The van der Waals surface area contributed by atoms with Crippen LogP contribution in [0.15, 0.2) is 84.4 Å². The highest BCUT2D eigenvalue weighted by Crippen LogP contribution is 2.19. The summed E-state index contributed by atoms with van der Waals surface area (Å²) >= 11 is 0. The largest absolute Gasteiger partial charge is 0.423 e. The molecule has 0 aliphatic rings. The highest BCUT2D eigenvalue weighted by atomic mass is 16.5. The third-order valence-corrected chi connectivity index (χ3v) is 4.33. The molecule has 0 fully saturated rings. The number of nitrogens with zero attached hydrogens (tertiary/aromatic N) is 1. The Bertz CT molecular complexity index is 1190. The van der Waals surface area contributed by atoms with Gasteiger partial charge in [-0.15, -0.1) is 0 Å². The lowest BCUT2D eigenvalue weighted by Gasteiger charge is -2.08. The van der Waals surface area contributed by atoms with Crippen molar-refractivity contribution in [3.8, 4) is 11.8 Å². The van der Waals surface area contributed by atoms with Crippen LogP contribution in [0.5, 0.6) is 5.75 Å². The van der Waals surface area contributed by atoms with Gasteiger partial charge in [-0.2, -0.15) is 5.26 Å². The van der Waals surface area contributed by atoms with Crippen LogP contribution in [0.3, 0.4) is 0 Å². The second-order valence-electron chi connectivity index (χ2n) is 6.55. The van der Waals surface area contributed by atoms with Gasteiger partial charge in [0.2, 0.25) is 0 Å². The Hall–Kier alpha value is -4.50. The first-order valence-electron chi connectivity index (χ1n) is 9.38. The van der Waals surface area contributed by atoms with Crippen molar-refractivity contribution in [1.82, 2.24) is 0 Å². The van der Waals surface area contributed by atoms with Crippen LogP contribution in [0, 0.1) is 11.3 Å². The molecule has 1 amide bonds. The molecule has 3 aromatic carbocycles. The van der Waals surface area contributed by atoms with E-state index in [1.807, 2.05) is 6.07 Å². The zero-order valence-corrected chi connectivity index (χ0v) is 16.7. The van der Waals surface area contributed by atoms with E-state index < -0.39 is 11.9 Å². The highest BCUT2D eigenvalue weighted by Gasteiger charge is 2.14. The van der Waals surface area contributed by atoms with Gasteiger partial charge in [0.1, 0.15) is 17.4 Å². The summed E-state index contributed by atoms with van der Waals surface area (Å²) in [4.78, 5) is 36.3. The Morgan fingerprint density at radius 3 is 2.19 bits per heavy atom. The van der Waals surface area contributed by atoms with Crippen LogP contribution < -0.4 is 10.1 Å². The molecule has 0 aliphatic carbocycles. The summed E-state index contributed by atoms with van der Waals surface area (Å²) in [6.07, 6.45) is 1.41. The van der Waals surface area contributed by atoms with Crippen molar-refractivity contribution in [2.75, 3.05) is 5.32 Å². The number of para-hydroxylation sites is 1. The average molecular weight is 410 g/mol. The Morgan fingerprint density at radius 2 is 1.55 bits per heavy atom. The molecular formula is C25H18N2O4. The maximum Gasteiger partial charge on any atom is 0.343 e. The fourth-order valence-electron chi connectivity index (χ4n) is 2.78. The van der Waals surface area contributed by atoms with Crippen molar-refractivity contribution in [3.63, 3.8) is 0 Å². The van der Waals surface area contributed by atoms with E-state index in [1.54, 1.807) is 78.9 Å². The van der Waals surface area contributed by atoms with Crippen molar-refractivity contribution in [2.24, 2.45) is 0 Å². The third kappa shape index (κ3) is 5.52. The van der Waals surface area contributed by atoms with Gasteiger partial charge in [-0.1, -0.05) is 42.5 Å². The van der Waals surface area contributed by atoms with E-state index in [0.29, 0.717) is 28.1 Å². The first-order chi connectivity index (χ1) is 15.0. The summed E-state index contributed by atoms with van der Waals surface area (Å²) in [7, 11) is 0. The predicted molar refractivity (Wildman–Crippen MR) is 117 cm³/mol. The van der Waals surface area contributed by atoms with Crippen LogP contribution in [0.4, 0.5) is 5.69 Å². The zero-order valence-electron chi connectivity index (χ0n) is 16.7. The second kappa shape index (κ2) is 9.81. The number of hydrogen-bond donors (Lipinski definition) is 1. The van der Waals surface area contributed by atoms with Crippen LogP contribution in [-0.2, 0) is 4.79 Å². The fourth-order valence-corrected chi connectivity index (χ4v) is 2.78. The van der Waals surface area contributed by atoms with Crippen molar-refractivity contribution < 1.29 is 19.1 Å². The maximum absolute atomic E-state index is 12.5. The maximum atomic E-state index is 12.5. The molecule has 31 heavy (non-hydrogen) atoms. The standard InChI is InChI=1S/C25H18N2O4/c1-17(28)22-9-5-6-10-23(22)27-24(29)20(16-26)15-18-11-13-21(14-12-18)31-25(30)19-7-3-2-4-8-19/h2-15H,1H3,(H,27,29)/b20-15-. The molecule has 0 spiro atoms. The number of carbonyl (C=O) groups is 3. The number of carbonyl (C=O) groups excluding carboxylic acids is 3. The molecule has 6 heteroatoms. The van der Waals surface area contributed by atoms with E-state index in [-0.39, 0.29) is 11.4 Å². The summed E-state index contributed by atoms with van der Waals surface area (Å²) in [6.45, 7) is 1.40. The molecule has 0 saturated heterocycles. The van der Waals surface area contributed by atoms with Crippen LogP contribution in [-0.4, -0.2) is 17.7 Å². The summed E-state index contributed by atoms with van der Waals surface area (Å²) < 4.78 is 5.31. The van der Waals surface area contributed by atoms with Crippen LogP contribution >= 0.6 is 0 Å². The number of rotatable bonds is 6. The predicted octanol–water partition coefficient (Wildman–Crippen LogP) is 4.65. The van der Waals surface area contributed by atoms with Gasteiger partial charge in [0, 0.05) is 5.56 Å². The van der Waals surface area contributed by atoms with Gasteiger partial charge in [-0.25, -0.2) is 4.79 Å². The molecular weight excluding hydrogens is 392 g/mol. The molecule has 0 unspecified atom stereocenters. The number of benzene rings is 3. The molecule has 1 N–H and O–H groups in total. The Morgan fingerprint density at radius 1 is 0.903 bits per heavy atom. The van der Waals surface area contributed by atoms with E-state index in [1.165, 1.54) is 13.0 Å². The lowest BCUT2D eigenvalue weighted by atomic mass is 10.1. The first-order valence-corrected chi connectivity index (χ1v) is 9.38. The fraction of sp³-hybridized carbons (Fsp3) is 0.0400. The van der Waals surface area contributed by atoms with E-state index in [9.17, 15) is 19.6 Å². The SMILES string of the molecule is CC(=O)c1ccccc1NC(=O)/C(C#N)=C\c1ccc(OC(=O)c2ccccc2)cc1. The number of amides is 1. The Balaban J connectivity index is 1.72. The van der Waals surface area contributed by atoms with E-state index >= 15 is 0 Å². The monoisotopic (exact) mass is 410 g/mol. The molecule has 0 heterocycles. The number of nitriles is 1. The molecule has 0 saturated carbocycles. The molecule has 0 bridgehead atoms. The van der Waals surface area contributed by atoms with E-state index in [4.69, 9.17) is 4.74 Å². The van der Waals surface area contributed by atoms with Crippen molar-refractivity contribution in [2.45, 2.75) is 6.92 Å². The minimum Gasteiger partial charge on any atom is -0.423 e. The topological polar surface area (TPSA) is 96.3 Å². The van der Waals surface area contributed by atoms with Gasteiger partial charge in [0.05, 0.1) is 11.3 Å². The van der Waals surface area contributed by atoms with Gasteiger partial charge < -0.3 is 10.1 Å². The van der Waals surface area contributed by atoms with Gasteiger partial charge in [-0.3, -0.25) is 9.59 Å². The second-order valence-corrected chi connectivity index (χ2v) is 6.55. The lowest BCUT2D eigenvalue weighted by Crippen LogP contribution is -2.15. The summed E-state index contributed by atoms with van der Waals surface area (Å²) in [6, 6.07) is 23.4. The van der Waals surface area contributed by atoms with E-state index in [2.05, 4.69) is 5.32 Å². The molecule has 3 rings (SSSR count). The van der Waals surface area contributed by atoms with Gasteiger partial charge in [-0.05, 0) is 55.0 Å². The van der Waals surface area contributed by atoms with Crippen molar-refractivity contribution in [1.29, 1.82) is 5.26 Å². The number of hydrogen-bond acceptors (Lipinski definition) is 5. The lowest BCUT2D eigenvalue weighted by molar-refractivity contribution is -0.112. The minimum absolute atomic E-state index is 0.132. The van der Waals surface area contributed by atoms with E-state index in [0.717, 1.165) is 0 Å². The number of nitrogens with one attached hydrogen (secondary N) is 1. The van der Waals surface area contributed by atoms with Crippen LogP contribution in [0.1, 0.15) is 33.2 Å². The quantitative estimate of drug-likeness (QED) is 0.210. The molecule has 0 radical (unpaired) electrons. The van der Waals surface area contributed by atoms with Crippen molar-refractivity contribution in [3.05, 3.63) is 101 Å². The van der Waals surface area contributed by atoms with Crippen molar-refractivity contribution >= 4 is 29.4 Å². The number of Topliss-reactive ketones (excluding diaryl/α,β-unsaturated/α-hetero) is 1. The first kappa shape index (κ1) is 21.2. The Kier molecular flexibility index (Phi) is 6.71. The van der Waals surface area contributed by atoms with Gasteiger partial charge in [0.25, 0.3) is 5.91 Å². The number of ether oxygens (including phenoxy) is 1. The molecule has 6 nitrogen and oxygen atoms in total. The number of esters is 1. The minimum atomic E-state index is -0.629. The average Bonchev–Trinajstić information content (AvgIpc) is 2.79. The smallest absolute Gasteiger partial charge is 0.343 e. The molecule has 0 aliphatic heterocycles. The summed E-state index contributed by atoms with van der Waals surface area (Å²) in [5.74, 6) is -0.968. The molecule has 152 valence electrons. The summed E-state index contributed by atoms with van der Waals surface area (Å²) in [5.41, 5.74) is 1.57. The molecule has 0 atom stereocenters. The van der Waals surface area contributed by atoms with Crippen LogP contribution in [0.25, 0.3) is 6.08 Å². The number of ketones is 1. The highest BCUT2D eigenvalue weighted by molar-refractivity contribution is 6.12. The molecule has 3 aromatic rings.